The van der Waals surface area contributed by atoms with E-state index in [2.05, 4.69) is 34.5 Å². The summed E-state index contributed by atoms with van der Waals surface area (Å²) < 4.78 is 5.09. The molecule has 18 heavy (non-hydrogen) atoms. The van der Waals surface area contributed by atoms with Gasteiger partial charge in [-0.1, -0.05) is 6.92 Å². The van der Waals surface area contributed by atoms with Crippen LogP contribution in [-0.4, -0.2) is 31.1 Å². The molecule has 0 radical (unpaired) electrons. The summed E-state index contributed by atoms with van der Waals surface area (Å²) in [5.41, 5.74) is 1.11. The Hall–Kier alpha value is -1.78. The van der Waals surface area contributed by atoms with Crippen molar-refractivity contribution >= 4 is 5.96 Å². The van der Waals surface area contributed by atoms with Crippen LogP contribution in [0.3, 0.4) is 0 Å². The van der Waals surface area contributed by atoms with E-state index in [1.54, 1.807) is 20.4 Å². The van der Waals surface area contributed by atoms with Crippen molar-refractivity contribution in [1.82, 2.24) is 15.6 Å². The number of pyridine rings is 1. The highest BCUT2D eigenvalue weighted by Gasteiger charge is 2.03. The molecule has 0 aliphatic carbocycles. The number of guanidine groups is 1. The van der Waals surface area contributed by atoms with Crippen molar-refractivity contribution in [2.45, 2.75) is 32.9 Å². The highest BCUT2D eigenvalue weighted by atomic mass is 16.5. The summed E-state index contributed by atoms with van der Waals surface area (Å²) in [5.74, 6) is 1.43. The summed E-state index contributed by atoms with van der Waals surface area (Å²) in [5, 5.41) is 6.56. The maximum absolute atomic E-state index is 5.09. The Morgan fingerprint density at radius 2 is 2.33 bits per heavy atom. The molecule has 1 unspecified atom stereocenters. The molecule has 0 aliphatic rings. The molecule has 0 fully saturated rings. The number of aliphatic imine (C=N–C) groups is 1. The summed E-state index contributed by atoms with van der Waals surface area (Å²) in [6.07, 6.45) is 2.80. The Balaban J connectivity index is 2.52. The number of nitrogens with zero attached hydrogens (tertiary/aromatic N) is 2. The van der Waals surface area contributed by atoms with E-state index in [-0.39, 0.29) is 0 Å². The van der Waals surface area contributed by atoms with Gasteiger partial charge in [0.1, 0.15) is 0 Å². The highest BCUT2D eigenvalue weighted by molar-refractivity contribution is 5.79. The second-order valence-electron chi connectivity index (χ2n) is 4.09. The number of nitrogens with one attached hydrogen (secondary N) is 2. The van der Waals surface area contributed by atoms with E-state index in [1.165, 1.54) is 0 Å². The van der Waals surface area contributed by atoms with Gasteiger partial charge in [-0.3, -0.25) is 4.99 Å². The third-order valence-electron chi connectivity index (χ3n) is 2.69. The topological polar surface area (TPSA) is 58.5 Å². The average molecular weight is 250 g/mol. The Labute approximate surface area is 109 Å². The van der Waals surface area contributed by atoms with E-state index in [1.807, 2.05) is 12.1 Å². The minimum Gasteiger partial charge on any atom is -0.481 e. The van der Waals surface area contributed by atoms with Crippen LogP contribution in [0.25, 0.3) is 0 Å². The zero-order valence-corrected chi connectivity index (χ0v) is 11.5. The van der Waals surface area contributed by atoms with Crippen LogP contribution in [0, 0.1) is 0 Å². The Kier molecular flexibility index (Phi) is 5.97. The molecule has 0 saturated carbocycles. The van der Waals surface area contributed by atoms with Gasteiger partial charge in [-0.25, -0.2) is 4.98 Å². The average Bonchev–Trinajstić information content (AvgIpc) is 2.43. The molecule has 0 aliphatic heterocycles. The Bertz CT molecular complexity index is 392. The van der Waals surface area contributed by atoms with Crippen molar-refractivity contribution in [3.63, 3.8) is 0 Å². The predicted molar refractivity (Wildman–Crippen MR) is 73.9 cm³/mol. The molecule has 0 amide bonds. The first-order valence-corrected chi connectivity index (χ1v) is 6.15. The molecule has 1 rings (SSSR count). The number of ether oxygens (including phenoxy) is 1. The molecule has 0 aromatic carbocycles. The lowest BCUT2D eigenvalue weighted by Gasteiger charge is -2.16. The largest absolute Gasteiger partial charge is 0.481 e. The number of methoxy groups -OCH3 is 1. The first kappa shape index (κ1) is 14.3. The minimum absolute atomic E-state index is 0.406. The fourth-order valence-corrected chi connectivity index (χ4v) is 1.39. The maximum Gasteiger partial charge on any atom is 0.213 e. The molecule has 100 valence electrons. The molecule has 5 nitrogen and oxygen atoms in total. The van der Waals surface area contributed by atoms with Crippen LogP contribution in [0.4, 0.5) is 0 Å². The monoisotopic (exact) mass is 250 g/mol. The standard InChI is InChI=1S/C13H22N4O/c1-5-10(2)17-13(14-3)16-9-11-6-7-15-12(8-11)18-4/h6-8,10H,5,9H2,1-4H3,(H2,14,16,17). The van der Waals surface area contributed by atoms with Crippen molar-refractivity contribution in [2.75, 3.05) is 14.2 Å². The fraction of sp³-hybridized carbons (Fsp3) is 0.538. The summed E-state index contributed by atoms with van der Waals surface area (Å²) in [6, 6.07) is 4.26. The van der Waals surface area contributed by atoms with Crippen molar-refractivity contribution in [3.05, 3.63) is 23.9 Å². The number of hydrogen-bond acceptors (Lipinski definition) is 3. The second-order valence-corrected chi connectivity index (χ2v) is 4.09. The Morgan fingerprint density at radius 3 is 2.94 bits per heavy atom. The van der Waals surface area contributed by atoms with Gasteiger partial charge in [-0.05, 0) is 25.0 Å². The third-order valence-corrected chi connectivity index (χ3v) is 2.69. The van der Waals surface area contributed by atoms with Gasteiger partial charge in [-0.15, -0.1) is 0 Å². The van der Waals surface area contributed by atoms with Gasteiger partial charge in [0, 0.05) is 31.9 Å². The molecule has 5 heteroatoms. The van der Waals surface area contributed by atoms with Gasteiger partial charge < -0.3 is 15.4 Å². The summed E-state index contributed by atoms with van der Waals surface area (Å²) in [6.45, 7) is 4.95. The second kappa shape index (κ2) is 7.53. The van der Waals surface area contributed by atoms with E-state index < -0.39 is 0 Å². The van der Waals surface area contributed by atoms with Crippen LogP contribution in [0.15, 0.2) is 23.3 Å². The van der Waals surface area contributed by atoms with Crippen LogP contribution in [0.1, 0.15) is 25.8 Å². The first-order valence-electron chi connectivity index (χ1n) is 6.15. The van der Waals surface area contributed by atoms with E-state index in [4.69, 9.17) is 4.74 Å². The zero-order valence-electron chi connectivity index (χ0n) is 11.5. The lowest BCUT2D eigenvalue weighted by atomic mass is 10.2. The normalized spacial score (nSPS) is 13.0. The highest BCUT2D eigenvalue weighted by Crippen LogP contribution is 2.07. The van der Waals surface area contributed by atoms with E-state index in [0.717, 1.165) is 17.9 Å². The maximum atomic E-state index is 5.09. The quantitative estimate of drug-likeness (QED) is 0.615. The predicted octanol–water partition coefficient (Wildman–Crippen LogP) is 1.55. The van der Waals surface area contributed by atoms with Gasteiger partial charge >= 0.3 is 0 Å². The molecule has 0 bridgehead atoms. The molecule has 1 aromatic heterocycles. The Morgan fingerprint density at radius 1 is 1.56 bits per heavy atom. The summed E-state index contributed by atoms with van der Waals surface area (Å²) in [4.78, 5) is 8.25. The molecular weight excluding hydrogens is 228 g/mol. The molecular formula is C13H22N4O. The van der Waals surface area contributed by atoms with Gasteiger partial charge in [0.05, 0.1) is 7.11 Å². The van der Waals surface area contributed by atoms with E-state index >= 15 is 0 Å². The SMILES string of the molecule is CCC(C)NC(=NC)NCc1ccnc(OC)c1. The molecule has 1 aromatic rings. The lowest BCUT2D eigenvalue weighted by molar-refractivity contribution is 0.397. The number of hydrogen-bond donors (Lipinski definition) is 2. The molecule has 0 spiro atoms. The molecule has 0 saturated heterocycles. The smallest absolute Gasteiger partial charge is 0.213 e. The van der Waals surface area contributed by atoms with Crippen molar-refractivity contribution in [3.8, 4) is 5.88 Å². The summed E-state index contributed by atoms with van der Waals surface area (Å²) >= 11 is 0. The van der Waals surface area contributed by atoms with Crippen LogP contribution in [0.2, 0.25) is 0 Å². The van der Waals surface area contributed by atoms with E-state index in [9.17, 15) is 0 Å². The van der Waals surface area contributed by atoms with Crippen molar-refractivity contribution < 1.29 is 4.74 Å². The van der Waals surface area contributed by atoms with Crippen LogP contribution >= 0.6 is 0 Å². The van der Waals surface area contributed by atoms with Crippen molar-refractivity contribution in [2.24, 2.45) is 4.99 Å². The van der Waals surface area contributed by atoms with Crippen molar-refractivity contribution in [1.29, 1.82) is 0 Å². The zero-order chi connectivity index (χ0) is 13.4. The summed E-state index contributed by atoms with van der Waals surface area (Å²) in [7, 11) is 3.38. The van der Waals surface area contributed by atoms with Gasteiger partial charge in [0.2, 0.25) is 5.88 Å². The number of aromatic nitrogens is 1. The fourth-order valence-electron chi connectivity index (χ4n) is 1.39. The lowest BCUT2D eigenvalue weighted by Crippen LogP contribution is -2.41. The number of rotatable bonds is 5. The van der Waals surface area contributed by atoms with Gasteiger partial charge in [0.15, 0.2) is 5.96 Å². The van der Waals surface area contributed by atoms with Crippen LogP contribution in [-0.2, 0) is 6.54 Å². The van der Waals surface area contributed by atoms with Crippen LogP contribution < -0.4 is 15.4 Å². The minimum atomic E-state index is 0.406. The molecule has 1 atom stereocenters. The van der Waals surface area contributed by atoms with Gasteiger partial charge in [0.25, 0.3) is 0 Å². The van der Waals surface area contributed by atoms with E-state index in [0.29, 0.717) is 18.5 Å². The molecule has 1 heterocycles. The van der Waals surface area contributed by atoms with Gasteiger partial charge in [-0.2, -0.15) is 0 Å². The molecule has 2 N–H and O–H groups in total. The third kappa shape index (κ3) is 4.61. The first-order chi connectivity index (χ1) is 8.69. The van der Waals surface area contributed by atoms with Crippen LogP contribution in [0.5, 0.6) is 5.88 Å².